The molecular weight excluding hydrogens is 252 g/mol. The molecule has 0 saturated carbocycles. The molecule has 1 atom stereocenters. The second kappa shape index (κ2) is 6.62. The fourth-order valence-corrected chi connectivity index (χ4v) is 2.63. The number of nitriles is 1. The van der Waals surface area contributed by atoms with E-state index in [0.29, 0.717) is 17.2 Å². The molecule has 108 valence electrons. The summed E-state index contributed by atoms with van der Waals surface area (Å²) in [5.41, 5.74) is 0.584. The van der Waals surface area contributed by atoms with Crippen molar-refractivity contribution in [1.29, 1.82) is 5.26 Å². The van der Waals surface area contributed by atoms with Gasteiger partial charge in [-0.05, 0) is 58.0 Å². The lowest BCUT2D eigenvalue weighted by Crippen LogP contribution is -2.36. The number of rotatable bonds is 4. The highest BCUT2D eigenvalue weighted by Gasteiger charge is 2.24. The van der Waals surface area contributed by atoms with Crippen molar-refractivity contribution in [2.75, 3.05) is 27.2 Å². The van der Waals surface area contributed by atoms with E-state index < -0.39 is 0 Å². The molecule has 1 aromatic carbocycles. The van der Waals surface area contributed by atoms with Crippen LogP contribution in [0.2, 0.25) is 0 Å². The topological polar surface area (TPSA) is 45.5 Å². The normalized spacial score (nSPS) is 18.3. The van der Waals surface area contributed by atoms with Crippen molar-refractivity contribution in [2.45, 2.75) is 25.9 Å². The molecule has 1 aliphatic heterocycles. The van der Waals surface area contributed by atoms with Crippen molar-refractivity contribution in [3.05, 3.63) is 23.8 Å². The van der Waals surface area contributed by atoms with Crippen LogP contribution in [0.25, 0.3) is 0 Å². The summed E-state index contributed by atoms with van der Waals surface area (Å²) < 4.78 is 11.4. The molecule has 2 rings (SSSR count). The highest BCUT2D eigenvalue weighted by atomic mass is 16.5. The SMILES string of the molecule is COc1cc(C#N)ccc1OC(C)C1CCN(C)CC1. The van der Waals surface area contributed by atoms with Gasteiger partial charge < -0.3 is 14.4 Å². The lowest BCUT2D eigenvalue weighted by Gasteiger charge is -2.33. The number of methoxy groups -OCH3 is 1. The van der Waals surface area contributed by atoms with Gasteiger partial charge in [-0.2, -0.15) is 5.26 Å². The standard InChI is InChI=1S/C16H22N2O2/c1-12(14-6-8-18(2)9-7-14)20-15-5-4-13(11-17)10-16(15)19-3/h4-5,10,12,14H,6-9H2,1-3H3. The molecule has 0 aliphatic carbocycles. The molecule has 1 heterocycles. The highest BCUT2D eigenvalue weighted by Crippen LogP contribution is 2.31. The van der Waals surface area contributed by atoms with Crippen LogP contribution in [0.3, 0.4) is 0 Å². The number of likely N-dealkylation sites (tertiary alicyclic amines) is 1. The van der Waals surface area contributed by atoms with Crippen molar-refractivity contribution in [3.63, 3.8) is 0 Å². The van der Waals surface area contributed by atoms with Crippen LogP contribution in [0.1, 0.15) is 25.3 Å². The molecule has 0 spiro atoms. The Kier molecular flexibility index (Phi) is 4.86. The van der Waals surface area contributed by atoms with Gasteiger partial charge in [-0.1, -0.05) is 0 Å². The molecule has 0 N–H and O–H groups in total. The number of hydrogen-bond acceptors (Lipinski definition) is 4. The minimum atomic E-state index is 0.158. The van der Waals surface area contributed by atoms with E-state index in [1.54, 1.807) is 19.2 Å². The number of piperidine rings is 1. The summed E-state index contributed by atoms with van der Waals surface area (Å²) >= 11 is 0. The van der Waals surface area contributed by atoms with Crippen LogP contribution in [0.5, 0.6) is 11.5 Å². The maximum Gasteiger partial charge on any atom is 0.162 e. The van der Waals surface area contributed by atoms with Crippen LogP contribution in [0, 0.1) is 17.2 Å². The van der Waals surface area contributed by atoms with Gasteiger partial charge in [-0.3, -0.25) is 0 Å². The predicted molar refractivity (Wildman–Crippen MR) is 78.0 cm³/mol. The van der Waals surface area contributed by atoms with Crippen LogP contribution in [0.15, 0.2) is 18.2 Å². The highest BCUT2D eigenvalue weighted by molar-refractivity contribution is 5.46. The molecule has 20 heavy (non-hydrogen) atoms. The number of hydrogen-bond donors (Lipinski definition) is 0. The zero-order chi connectivity index (χ0) is 14.5. The van der Waals surface area contributed by atoms with Gasteiger partial charge >= 0.3 is 0 Å². The smallest absolute Gasteiger partial charge is 0.162 e. The minimum absolute atomic E-state index is 0.158. The molecule has 0 bridgehead atoms. The monoisotopic (exact) mass is 274 g/mol. The Morgan fingerprint density at radius 3 is 2.60 bits per heavy atom. The van der Waals surface area contributed by atoms with E-state index in [0.717, 1.165) is 31.7 Å². The third-order valence-corrected chi connectivity index (χ3v) is 4.03. The molecule has 4 nitrogen and oxygen atoms in total. The number of nitrogens with zero attached hydrogens (tertiary/aromatic N) is 2. The first kappa shape index (κ1) is 14.7. The quantitative estimate of drug-likeness (QED) is 0.847. The van der Waals surface area contributed by atoms with E-state index >= 15 is 0 Å². The fraction of sp³-hybridized carbons (Fsp3) is 0.562. The minimum Gasteiger partial charge on any atom is -0.493 e. The largest absolute Gasteiger partial charge is 0.493 e. The summed E-state index contributed by atoms with van der Waals surface area (Å²) in [6, 6.07) is 7.41. The molecular formula is C16H22N2O2. The molecule has 1 aliphatic rings. The van der Waals surface area contributed by atoms with E-state index in [9.17, 15) is 0 Å². The molecule has 0 aromatic heterocycles. The van der Waals surface area contributed by atoms with Crippen molar-refractivity contribution in [3.8, 4) is 17.6 Å². The molecule has 1 aromatic rings. The van der Waals surface area contributed by atoms with Gasteiger partial charge in [0.15, 0.2) is 11.5 Å². The lowest BCUT2D eigenvalue weighted by atomic mass is 9.92. The first-order valence-corrected chi connectivity index (χ1v) is 7.07. The number of ether oxygens (including phenoxy) is 2. The zero-order valence-electron chi connectivity index (χ0n) is 12.4. The maximum absolute atomic E-state index is 8.91. The summed E-state index contributed by atoms with van der Waals surface area (Å²) in [5, 5.41) is 8.91. The summed E-state index contributed by atoms with van der Waals surface area (Å²) in [6.45, 7) is 4.37. The van der Waals surface area contributed by atoms with E-state index in [-0.39, 0.29) is 6.10 Å². The summed E-state index contributed by atoms with van der Waals surface area (Å²) in [7, 11) is 3.76. The van der Waals surface area contributed by atoms with E-state index in [2.05, 4.69) is 24.9 Å². The summed E-state index contributed by atoms with van der Waals surface area (Å²) in [6.07, 6.45) is 2.48. The van der Waals surface area contributed by atoms with Crippen molar-refractivity contribution >= 4 is 0 Å². The van der Waals surface area contributed by atoms with Gasteiger partial charge in [0, 0.05) is 6.07 Å². The lowest BCUT2D eigenvalue weighted by molar-refractivity contribution is 0.0952. The molecule has 0 amide bonds. The second-order valence-electron chi connectivity index (χ2n) is 5.44. The zero-order valence-corrected chi connectivity index (χ0v) is 12.4. The molecule has 1 saturated heterocycles. The Labute approximate surface area is 120 Å². The van der Waals surface area contributed by atoms with Crippen LogP contribution >= 0.6 is 0 Å². The van der Waals surface area contributed by atoms with Gasteiger partial charge in [-0.15, -0.1) is 0 Å². The Balaban J connectivity index is 2.04. The summed E-state index contributed by atoms with van der Waals surface area (Å²) in [5.74, 6) is 1.92. The molecule has 4 heteroatoms. The third kappa shape index (κ3) is 3.43. The Bertz CT molecular complexity index is 488. The Morgan fingerprint density at radius 1 is 1.30 bits per heavy atom. The van der Waals surface area contributed by atoms with Crippen LogP contribution in [-0.4, -0.2) is 38.3 Å². The van der Waals surface area contributed by atoms with Gasteiger partial charge in [0.25, 0.3) is 0 Å². The Morgan fingerprint density at radius 2 is 2.00 bits per heavy atom. The predicted octanol–water partition coefficient (Wildman–Crippen LogP) is 2.68. The second-order valence-corrected chi connectivity index (χ2v) is 5.44. The van der Waals surface area contributed by atoms with Gasteiger partial charge in [0.1, 0.15) is 0 Å². The average molecular weight is 274 g/mol. The van der Waals surface area contributed by atoms with E-state index in [4.69, 9.17) is 14.7 Å². The molecule has 1 fully saturated rings. The van der Waals surface area contributed by atoms with Gasteiger partial charge in [-0.25, -0.2) is 0 Å². The molecule has 0 radical (unpaired) electrons. The van der Waals surface area contributed by atoms with Gasteiger partial charge in [0.05, 0.1) is 24.8 Å². The van der Waals surface area contributed by atoms with Crippen molar-refractivity contribution in [1.82, 2.24) is 4.90 Å². The maximum atomic E-state index is 8.91. The first-order valence-electron chi connectivity index (χ1n) is 7.07. The summed E-state index contributed by atoms with van der Waals surface area (Å²) in [4.78, 5) is 2.35. The fourth-order valence-electron chi connectivity index (χ4n) is 2.63. The average Bonchev–Trinajstić information content (AvgIpc) is 2.48. The van der Waals surface area contributed by atoms with Crippen LogP contribution in [-0.2, 0) is 0 Å². The van der Waals surface area contributed by atoms with Crippen molar-refractivity contribution in [2.24, 2.45) is 5.92 Å². The third-order valence-electron chi connectivity index (χ3n) is 4.03. The van der Waals surface area contributed by atoms with E-state index in [1.807, 2.05) is 6.07 Å². The first-order chi connectivity index (χ1) is 9.63. The van der Waals surface area contributed by atoms with Crippen LogP contribution in [0.4, 0.5) is 0 Å². The Hall–Kier alpha value is -1.73. The van der Waals surface area contributed by atoms with Crippen molar-refractivity contribution < 1.29 is 9.47 Å². The molecule has 1 unspecified atom stereocenters. The van der Waals surface area contributed by atoms with E-state index in [1.165, 1.54) is 0 Å². The van der Waals surface area contributed by atoms with Crippen LogP contribution < -0.4 is 9.47 Å². The van der Waals surface area contributed by atoms with Gasteiger partial charge in [0.2, 0.25) is 0 Å². The number of benzene rings is 1.